The maximum Gasteiger partial charge on any atom is 0.311 e. The molecule has 0 unspecified atom stereocenters. The van der Waals surface area contributed by atoms with E-state index in [0.29, 0.717) is 24.3 Å². The summed E-state index contributed by atoms with van der Waals surface area (Å²) in [5, 5.41) is 0. The molecule has 2 aliphatic heterocycles. The minimum atomic E-state index is -0.180. The molecule has 0 radical (unpaired) electrons. The molecule has 0 atom stereocenters. The average molecular weight is 457 g/mol. The first-order valence-corrected chi connectivity index (χ1v) is 13.8. The second-order valence-electron chi connectivity index (χ2n) is 9.97. The van der Waals surface area contributed by atoms with Gasteiger partial charge in [-0.15, -0.1) is 0 Å². The van der Waals surface area contributed by atoms with E-state index in [2.05, 4.69) is 13.0 Å². The molecule has 0 spiro atoms. The van der Waals surface area contributed by atoms with E-state index in [-0.39, 0.29) is 11.9 Å². The number of hydrogen-bond acceptors (Lipinski definition) is 4. The number of ether oxygens (including phenoxy) is 2. The summed E-state index contributed by atoms with van der Waals surface area (Å²) in [6.07, 6.45) is 22.5. The van der Waals surface area contributed by atoms with Crippen LogP contribution in [0.3, 0.4) is 0 Å². The second kappa shape index (κ2) is 14.4. The predicted octanol–water partition coefficient (Wildman–Crippen LogP) is 7.80. The highest BCUT2D eigenvalue weighted by Gasteiger charge is 2.27. The third-order valence-electron chi connectivity index (χ3n) is 7.14. The molecule has 33 heavy (non-hydrogen) atoms. The molecule has 0 N–H and O–H groups in total. The Hall–Kier alpha value is -1.84. The summed E-state index contributed by atoms with van der Waals surface area (Å²) in [5.74, 6) is 0.982. The Morgan fingerprint density at radius 2 is 1.15 bits per heavy atom. The average Bonchev–Trinajstić information content (AvgIpc) is 3.11. The van der Waals surface area contributed by atoms with Gasteiger partial charge in [-0.1, -0.05) is 84.0 Å². The van der Waals surface area contributed by atoms with Crippen LogP contribution in [-0.4, -0.2) is 11.9 Å². The fourth-order valence-corrected chi connectivity index (χ4v) is 5.21. The lowest BCUT2D eigenvalue weighted by Gasteiger charge is -2.18. The van der Waals surface area contributed by atoms with E-state index in [9.17, 15) is 9.59 Å². The second-order valence-corrected chi connectivity index (χ2v) is 9.97. The van der Waals surface area contributed by atoms with Gasteiger partial charge in [0.1, 0.15) is 11.5 Å². The lowest BCUT2D eigenvalue weighted by atomic mass is 9.92. The van der Waals surface area contributed by atoms with E-state index in [1.807, 2.05) is 0 Å². The van der Waals surface area contributed by atoms with Gasteiger partial charge in [-0.25, -0.2) is 0 Å². The zero-order valence-corrected chi connectivity index (χ0v) is 20.9. The molecule has 3 rings (SSSR count). The van der Waals surface area contributed by atoms with Crippen molar-refractivity contribution < 1.29 is 19.1 Å². The molecular weight excluding hydrogens is 412 g/mol. The molecule has 2 aliphatic rings. The van der Waals surface area contributed by atoms with Crippen LogP contribution in [-0.2, 0) is 28.9 Å². The maximum absolute atomic E-state index is 12.1. The molecule has 0 saturated carbocycles. The molecular formula is C29H44O4. The lowest BCUT2D eigenvalue weighted by molar-refractivity contribution is -0.134. The standard InChI is InChI=1S/C29H44O4/c1-2-3-4-5-6-7-8-9-10-11-12-13-14-17-23-22-26-25(19-16-20-27(30)32-26)29-24(23)18-15-21-28(31)33-29/h22H,2-21H2,1H3. The summed E-state index contributed by atoms with van der Waals surface area (Å²) < 4.78 is 11.4. The first kappa shape index (κ1) is 25.8. The molecule has 2 heterocycles. The molecule has 4 heteroatoms. The summed E-state index contributed by atoms with van der Waals surface area (Å²) in [6.45, 7) is 2.27. The number of rotatable bonds is 14. The first-order valence-electron chi connectivity index (χ1n) is 13.8. The number of hydrogen-bond donors (Lipinski definition) is 0. The molecule has 184 valence electrons. The molecule has 1 aromatic rings. The normalized spacial score (nSPS) is 15.8. The number of aryl methyl sites for hydroxylation is 1. The van der Waals surface area contributed by atoms with E-state index in [1.165, 1.54) is 88.2 Å². The van der Waals surface area contributed by atoms with Crippen molar-refractivity contribution in [3.8, 4) is 11.5 Å². The molecule has 0 aromatic heterocycles. The highest BCUT2D eigenvalue weighted by atomic mass is 16.5. The lowest BCUT2D eigenvalue weighted by Crippen LogP contribution is -2.10. The van der Waals surface area contributed by atoms with Crippen molar-refractivity contribution in [1.82, 2.24) is 0 Å². The van der Waals surface area contributed by atoms with Crippen molar-refractivity contribution in [1.29, 1.82) is 0 Å². The van der Waals surface area contributed by atoms with Crippen molar-refractivity contribution in [3.63, 3.8) is 0 Å². The number of unbranched alkanes of at least 4 members (excludes halogenated alkanes) is 12. The van der Waals surface area contributed by atoms with E-state index < -0.39 is 0 Å². The van der Waals surface area contributed by atoms with Crippen LogP contribution in [0.4, 0.5) is 0 Å². The van der Waals surface area contributed by atoms with E-state index >= 15 is 0 Å². The molecule has 0 aliphatic carbocycles. The van der Waals surface area contributed by atoms with Crippen LogP contribution in [0.25, 0.3) is 0 Å². The third kappa shape index (κ3) is 8.46. The quantitative estimate of drug-likeness (QED) is 0.163. The summed E-state index contributed by atoms with van der Waals surface area (Å²) in [6, 6.07) is 2.07. The molecule has 0 saturated heterocycles. The van der Waals surface area contributed by atoms with E-state index in [4.69, 9.17) is 9.47 Å². The summed E-state index contributed by atoms with van der Waals surface area (Å²) >= 11 is 0. The Morgan fingerprint density at radius 1 is 0.636 bits per heavy atom. The number of carbonyl (C=O) groups excluding carboxylic acids is 2. The molecule has 0 fully saturated rings. The Bertz CT molecular complexity index is 767. The number of carbonyl (C=O) groups is 2. The molecule has 0 amide bonds. The van der Waals surface area contributed by atoms with Crippen LogP contribution in [0.2, 0.25) is 0 Å². The van der Waals surface area contributed by atoms with E-state index in [1.54, 1.807) is 0 Å². The van der Waals surface area contributed by atoms with Crippen LogP contribution >= 0.6 is 0 Å². The minimum Gasteiger partial charge on any atom is -0.426 e. The fourth-order valence-electron chi connectivity index (χ4n) is 5.21. The number of benzene rings is 1. The molecule has 1 aromatic carbocycles. The van der Waals surface area contributed by atoms with Gasteiger partial charge in [0.25, 0.3) is 0 Å². The van der Waals surface area contributed by atoms with Crippen molar-refractivity contribution in [2.75, 3.05) is 0 Å². The van der Waals surface area contributed by atoms with Gasteiger partial charge in [0.05, 0.1) is 0 Å². The van der Waals surface area contributed by atoms with Crippen molar-refractivity contribution in [3.05, 3.63) is 22.8 Å². The zero-order chi connectivity index (χ0) is 23.3. The smallest absolute Gasteiger partial charge is 0.311 e. The Kier molecular flexibility index (Phi) is 11.3. The monoisotopic (exact) mass is 456 g/mol. The van der Waals surface area contributed by atoms with Gasteiger partial charge in [-0.3, -0.25) is 9.59 Å². The van der Waals surface area contributed by atoms with Crippen LogP contribution in [0.5, 0.6) is 11.5 Å². The Labute approximate surface area is 200 Å². The maximum atomic E-state index is 12.1. The van der Waals surface area contributed by atoms with Gasteiger partial charge in [-0.05, 0) is 55.7 Å². The van der Waals surface area contributed by atoms with Gasteiger partial charge < -0.3 is 9.47 Å². The van der Waals surface area contributed by atoms with Crippen LogP contribution in [0.15, 0.2) is 6.07 Å². The highest BCUT2D eigenvalue weighted by Crippen LogP contribution is 2.41. The summed E-state index contributed by atoms with van der Waals surface area (Å²) in [7, 11) is 0. The van der Waals surface area contributed by atoms with Crippen LogP contribution in [0.1, 0.15) is 133 Å². The zero-order valence-electron chi connectivity index (χ0n) is 20.9. The molecule has 4 nitrogen and oxygen atoms in total. The van der Waals surface area contributed by atoms with Gasteiger partial charge in [0.15, 0.2) is 0 Å². The van der Waals surface area contributed by atoms with Gasteiger partial charge in [0, 0.05) is 18.4 Å². The largest absolute Gasteiger partial charge is 0.426 e. The fraction of sp³-hybridized carbons (Fsp3) is 0.724. The van der Waals surface area contributed by atoms with Crippen molar-refractivity contribution in [2.45, 2.75) is 135 Å². The number of esters is 2. The SMILES string of the molecule is CCCCCCCCCCCCCCCc1cc2c(c3c1CCCC(=O)O3)CCCC(=O)O2. The summed E-state index contributed by atoms with van der Waals surface area (Å²) in [5.41, 5.74) is 3.30. The molecule has 0 bridgehead atoms. The van der Waals surface area contributed by atoms with Gasteiger partial charge >= 0.3 is 11.9 Å². The van der Waals surface area contributed by atoms with Crippen molar-refractivity contribution >= 4 is 11.9 Å². The van der Waals surface area contributed by atoms with Crippen LogP contribution in [0, 0.1) is 0 Å². The highest BCUT2D eigenvalue weighted by molar-refractivity contribution is 5.78. The van der Waals surface area contributed by atoms with Gasteiger partial charge in [0.2, 0.25) is 0 Å². The van der Waals surface area contributed by atoms with E-state index in [0.717, 1.165) is 44.1 Å². The van der Waals surface area contributed by atoms with Crippen LogP contribution < -0.4 is 9.47 Å². The topological polar surface area (TPSA) is 52.6 Å². The predicted molar refractivity (Wildman–Crippen MR) is 133 cm³/mol. The Morgan fingerprint density at radius 3 is 1.76 bits per heavy atom. The minimum absolute atomic E-state index is 0.162. The van der Waals surface area contributed by atoms with Gasteiger partial charge in [-0.2, -0.15) is 0 Å². The summed E-state index contributed by atoms with van der Waals surface area (Å²) in [4.78, 5) is 24.2. The Balaban J connectivity index is 1.43. The third-order valence-corrected chi connectivity index (χ3v) is 7.14. The van der Waals surface area contributed by atoms with Crippen molar-refractivity contribution in [2.24, 2.45) is 0 Å². The first-order chi connectivity index (χ1) is 16.2. The number of fused-ring (bicyclic) bond motifs is 3.